The zero-order chi connectivity index (χ0) is 42.1. The molecule has 4 aromatic heterocycles. The van der Waals surface area contributed by atoms with Crippen LogP contribution in [0.15, 0.2) is 224 Å². The summed E-state index contributed by atoms with van der Waals surface area (Å²) in [6.07, 6.45) is 0. The Morgan fingerprint density at radius 2 is 0.812 bits per heavy atom. The van der Waals surface area contributed by atoms with Crippen LogP contribution in [0.5, 0.6) is 0 Å². The summed E-state index contributed by atoms with van der Waals surface area (Å²) < 4.78 is 4.73. The van der Waals surface area contributed by atoms with Crippen LogP contribution in [0.3, 0.4) is 0 Å². The van der Waals surface area contributed by atoms with Gasteiger partial charge in [0.05, 0.1) is 44.7 Å². The molecule has 0 aliphatic heterocycles. The molecule has 5 heteroatoms. The minimum Gasteiger partial charge on any atom is -0.309 e. The van der Waals surface area contributed by atoms with Gasteiger partial charge in [-0.15, -0.1) is 0 Å². The molecule has 64 heavy (non-hydrogen) atoms. The molecule has 5 nitrogen and oxygen atoms in total. The monoisotopic (exact) mass is 815 g/mol. The molecule has 13 rings (SSSR count). The van der Waals surface area contributed by atoms with Gasteiger partial charge in [-0.2, -0.15) is 0 Å². The fraction of sp³-hybridized carbons (Fsp3) is 0. The van der Waals surface area contributed by atoms with Crippen LogP contribution in [0.4, 0.5) is 0 Å². The van der Waals surface area contributed by atoms with Crippen molar-refractivity contribution in [2.75, 3.05) is 0 Å². The Morgan fingerprint density at radius 1 is 0.281 bits per heavy atom. The molecule has 0 saturated heterocycles. The third-order valence-corrected chi connectivity index (χ3v) is 12.7. The molecule has 0 aliphatic rings. The Hall–Kier alpha value is -8.67. The standard InChI is InChI=1S/C59H37N5/c1-4-17-38(18-5-1)49-37-50(40-21-16-24-43(35-40)64-52-28-13-10-25-45(52)46-26-11-14-29-53(46)64)62-59(61-49)41-31-32-44-47-33-34-55-56(57(47)58(60-51(44)36-41)39-19-6-2-7-20-39)48-27-12-15-30-54(48)63(55)42-22-8-3-9-23-42/h1-37H. The van der Waals surface area contributed by atoms with Gasteiger partial charge >= 0.3 is 0 Å². The lowest BCUT2D eigenvalue weighted by atomic mass is 9.95. The smallest absolute Gasteiger partial charge is 0.160 e. The number of nitrogens with zero attached hydrogens (tertiary/aromatic N) is 5. The summed E-state index contributed by atoms with van der Waals surface area (Å²) in [4.78, 5) is 16.2. The Labute approximate surface area is 368 Å². The number of hydrogen-bond donors (Lipinski definition) is 0. The highest BCUT2D eigenvalue weighted by atomic mass is 15.0. The van der Waals surface area contributed by atoms with Gasteiger partial charge < -0.3 is 9.13 Å². The second kappa shape index (κ2) is 14.5. The number of hydrogen-bond acceptors (Lipinski definition) is 3. The zero-order valence-corrected chi connectivity index (χ0v) is 34.6. The topological polar surface area (TPSA) is 48.5 Å². The summed E-state index contributed by atoms with van der Waals surface area (Å²) in [5.41, 5.74) is 14.4. The molecule has 0 atom stereocenters. The van der Waals surface area contributed by atoms with Gasteiger partial charge in [0.2, 0.25) is 0 Å². The molecule has 9 aromatic carbocycles. The van der Waals surface area contributed by atoms with Gasteiger partial charge in [0.1, 0.15) is 0 Å². The van der Waals surface area contributed by atoms with E-state index in [9.17, 15) is 0 Å². The van der Waals surface area contributed by atoms with E-state index in [1.165, 1.54) is 32.6 Å². The van der Waals surface area contributed by atoms with E-state index in [1.54, 1.807) is 0 Å². The molecular formula is C59H37N5. The second-order valence-electron chi connectivity index (χ2n) is 16.4. The molecule has 0 N–H and O–H groups in total. The molecular weight excluding hydrogens is 779 g/mol. The minimum absolute atomic E-state index is 0.644. The molecule has 0 fully saturated rings. The maximum absolute atomic E-state index is 5.58. The Kier molecular flexibility index (Phi) is 8.15. The van der Waals surface area contributed by atoms with Crippen molar-refractivity contribution in [3.8, 4) is 56.5 Å². The summed E-state index contributed by atoms with van der Waals surface area (Å²) >= 11 is 0. The number of fused-ring (bicyclic) bond motifs is 10. The van der Waals surface area contributed by atoms with Crippen molar-refractivity contribution in [3.05, 3.63) is 224 Å². The van der Waals surface area contributed by atoms with Crippen LogP contribution in [0.1, 0.15) is 0 Å². The molecule has 0 saturated carbocycles. The van der Waals surface area contributed by atoms with Crippen molar-refractivity contribution in [2.45, 2.75) is 0 Å². The fourth-order valence-corrected chi connectivity index (χ4v) is 9.84. The normalized spacial score (nSPS) is 11.8. The van der Waals surface area contributed by atoms with Crippen molar-refractivity contribution < 1.29 is 0 Å². The zero-order valence-electron chi connectivity index (χ0n) is 34.6. The van der Waals surface area contributed by atoms with Crippen molar-refractivity contribution in [1.82, 2.24) is 24.1 Å². The van der Waals surface area contributed by atoms with Crippen molar-refractivity contribution in [2.24, 2.45) is 0 Å². The molecule has 0 amide bonds. The van der Waals surface area contributed by atoms with Gasteiger partial charge in [-0.05, 0) is 66.0 Å². The van der Waals surface area contributed by atoms with E-state index in [0.29, 0.717) is 5.82 Å². The predicted molar refractivity (Wildman–Crippen MR) is 265 cm³/mol. The maximum Gasteiger partial charge on any atom is 0.160 e. The first-order valence-electron chi connectivity index (χ1n) is 21.7. The third-order valence-electron chi connectivity index (χ3n) is 12.7. The van der Waals surface area contributed by atoms with Crippen LogP contribution in [-0.4, -0.2) is 24.1 Å². The summed E-state index contributed by atoms with van der Waals surface area (Å²) in [6.45, 7) is 0. The number of pyridine rings is 1. The highest BCUT2D eigenvalue weighted by Gasteiger charge is 2.21. The van der Waals surface area contributed by atoms with Gasteiger partial charge in [-0.25, -0.2) is 15.0 Å². The van der Waals surface area contributed by atoms with Crippen molar-refractivity contribution >= 4 is 65.3 Å². The molecule has 0 spiro atoms. The summed E-state index contributed by atoms with van der Waals surface area (Å²) in [6, 6.07) is 79.5. The minimum atomic E-state index is 0.644. The van der Waals surface area contributed by atoms with E-state index < -0.39 is 0 Å². The molecule has 0 aliphatic carbocycles. The highest BCUT2D eigenvalue weighted by molar-refractivity contribution is 6.28. The first-order chi connectivity index (χ1) is 31.7. The van der Waals surface area contributed by atoms with E-state index in [-0.39, 0.29) is 0 Å². The lowest BCUT2D eigenvalue weighted by molar-refractivity contribution is 1.16. The first kappa shape index (κ1) is 36.0. The van der Waals surface area contributed by atoms with Crippen LogP contribution in [0.2, 0.25) is 0 Å². The average Bonchev–Trinajstić information content (AvgIpc) is 3.90. The van der Waals surface area contributed by atoms with Crippen LogP contribution in [0.25, 0.3) is 122 Å². The highest BCUT2D eigenvalue weighted by Crippen LogP contribution is 2.43. The fourth-order valence-electron chi connectivity index (χ4n) is 9.84. The first-order valence-corrected chi connectivity index (χ1v) is 21.7. The largest absolute Gasteiger partial charge is 0.309 e. The second-order valence-corrected chi connectivity index (χ2v) is 16.4. The van der Waals surface area contributed by atoms with Gasteiger partial charge in [0, 0.05) is 65.9 Å². The van der Waals surface area contributed by atoms with Crippen LogP contribution >= 0.6 is 0 Å². The lowest BCUT2D eigenvalue weighted by Gasteiger charge is -2.14. The lowest BCUT2D eigenvalue weighted by Crippen LogP contribution is -1.98. The third kappa shape index (κ3) is 5.68. The van der Waals surface area contributed by atoms with Gasteiger partial charge in [-0.3, -0.25) is 0 Å². The van der Waals surface area contributed by atoms with Crippen LogP contribution in [-0.2, 0) is 0 Å². The number of para-hydroxylation sites is 4. The van der Waals surface area contributed by atoms with E-state index in [2.05, 4.69) is 228 Å². The molecule has 0 bridgehead atoms. The number of aromatic nitrogens is 5. The van der Waals surface area contributed by atoms with E-state index in [4.69, 9.17) is 15.0 Å². The SMILES string of the molecule is c1ccc(-c2cc(-c3cccc(-n4c5ccccc5c5ccccc54)c3)nc(-c3ccc4c(c3)nc(-c3ccccc3)c3c4ccc4c3c3ccccc3n4-c3ccccc3)n2)cc1. The van der Waals surface area contributed by atoms with Gasteiger partial charge in [0.15, 0.2) is 5.82 Å². The number of benzene rings is 9. The molecule has 13 aromatic rings. The molecule has 4 heterocycles. The van der Waals surface area contributed by atoms with E-state index in [1.807, 2.05) is 6.07 Å². The summed E-state index contributed by atoms with van der Waals surface area (Å²) in [5, 5.41) is 8.23. The molecule has 298 valence electrons. The molecule has 0 unspecified atom stereocenters. The van der Waals surface area contributed by atoms with Crippen LogP contribution in [0, 0.1) is 0 Å². The Morgan fingerprint density at radius 3 is 1.52 bits per heavy atom. The van der Waals surface area contributed by atoms with Crippen molar-refractivity contribution in [1.29, 1.82) is 0 Å². The van der Waals surface area contributed by atoms with E-state index >= 15 is 0 Å². The summed E-state index contributed by atoms with van der Waals surface area (Å²) in [7, 11) is 0. The average molecular weight is 816 g/mol. The van der Waals surface area contributed by atoms with Gasteiger partial charge in [0.25, 0.3) is 0 Å². The predicted octanol–water partition coefficient (Wildman–Crippen LogP) is 15.0. The quantitative estimate of drug-likeness (QED) is 0.157. The molecule has 0 radical (unpaired) electrons. The van der Waals surface area contributed by atoms with Gasteiger partial charge in [-0.1, -0.05) is 164 Å². The van der Waals surface area contributed by atoms with Crippen molar-refractivity contribution in [3.63, 3.8) is 0 Å². The number of rotatable bonds is 6. The van der Waals surface area contributed by atoms with E-state index in [0.717, 1.165) is 83.4 Å². The van der Waals surface area contributed by atoms with Crippen LogP contribution < -0.4 is 0 Å². The Bertz CT molecular complexity index is 3890. The maximum atomic E-state index is 5.58. The Balaban J connectivity index is 1.02. The summed E-state index contributed by atoms with van der Waals surface area (Å²) in [5.74, 6) is 0.644.